The van der Waals surface area contributed by atoms with Crippen LogP contribution in [0.15, 0.2) is 22.7 Å². The minimum atomic E-state index is -0.641. The second-order valence-corrected chi connectivity index (χ2v) is 3.73. The van der Waals surface area contributed by atoms with E-state index >= 15 is 0 Å². The van der Waals surface area contributed by atoms with Crippen molar-refractivity contribution < 1.29 is 14.7 Å². The van der Waals surface area contributed by atoms with E-state index in [4.69, 9.17) is 5.73 Å². The summed E-state index contributed by atoms with van der Waals surface area (Å²) in [7, 11) is 0. The molecule has 5 nitrogen and oxygen atoms in total. The monoisotopic (exact) mass is 272 g/mol. The lowest BCUT2D eigenvalue weighted by atomic mass is 10.2. The first kappa shape index (κ1) is 11.5. The van der Waals surface area contributed by atoms with Gasteiger partial charge in [0.15, 0.2) is 0 Å². The van der Waals surface area contributed by atoms with Crippen molar-refractivity contribution in [1.82, 2.24) is 5.32 Å². The third kappa shape index (κ3) is 3.25. The largest absolute Gasteiger partial charge is 0.507 e. The third-order valence-corrected chi connectivity index (χ3v) is 2.12. The minimum absolute atomic E-state index is 0.0885. The predicted molar refractivity (Wildman–Crippen MR) is 57.3 cm³/mol. The summed E-state index contributed by atoms with van der Waals surface area (Å²) in [6.45, 7) is -0.259. The Balaban J connectivity index is 2.81. The summed E-state index contributed by atoms with van der Waals surface area (Å²) in [5.41, 5.74) is 4.95. The predicted octanol–water partition coefficient (Wildman–Crippen LogP) is 0.370. The molecule has 0 radical (unpaired) electrons. The van der Waals surface area contributed by atoms with Crippen LogP contribution in [-0.4, -0.2) is 23.5 Å². The van der Waals surface area contributed by atoms with Crippen LogP contribution < -0.4 is 11.1 Å². The lowest BCUT2D eigenvalue weighted by Crippen LogP contribution is -2.33. The maximum atomic E-state index is 11.4. The molecular weight excluding hydrogens is 264 g/mol. The van der Waals surface area contributed by atoms with E-state index in [1.165, 1.54) is 12.1 Å². The number of amides is 2. The number of hydrogen-bond donors (Lipinski definition) is 3. The summed E-state index contributed by atoms with van der Waals surface area (Å²) in [5.74, 6) is -1.34. The molecule has 0 atom stereocenters. The molecule has 0 aliphatic rings. The number of phenols is 1. The Labute approximate surface area is 94.4 Å². The average molecular weight is 273 g/mol. The van der Waals surface area contributed by atoms with E-state index in [1.54, 1.807) is 6.07 Å². The molecule has 4 N–H and O–H groups in total. The number of rotatable bonds is 3. The van der Waals surface area contributed by atoms with E-state index in [-0.39, 0.29) is 17.9 Å². The molecule has 80 valence electrons. The van der Waals surface area contributed by atoms with Crippen molar-refractivity contribution in [2.75, 3.05) is 6.54 Å². The molecule has 15 heavy (non-hydrogen) atoms. The van der Waals surface area contributed by atoms with Crippen molar-refractivity contribution in [3.8, 4) is 5.75 Å². The molecule has 0 spiro atoms. The summed E-state index contributed by atoms with van der Waals surface area (Å²) in [4.78, 5) is 21.8. The molecule has 0 saturated carbocycles. The highest BCUT2D eigenvalue weighted by molar-refractivity contribution is 9.10. The van der Waals surface area contributed by atoms with Crippen LogP contribution >= 0.6 is 15.9 Å². The van der Waals surface area contributed by atoms with Crippen molar-refractivity contribution >= 4 is 27.7 Å². The number of primary amides is 1. The van der Waals surface area contributed by atoms with E-state index in [9.17, 15) is 14.7 Å². The van der Waals surface area contributed by atoms with Gasteiger partial charge in [-0.25, -0.2) is 0 Å². The molecule has 0 heterocycles. The Hall–Kier alpha value is -1.56. The number of benzene rings is 1. The van der Waals surface area contributed by atoms with Crippen LogP contribution in [0.4, 0.5) is 0 Å². The van der Waals surface area contributed by atoms with Gasteiger partial charge in [0, 0.05) is 4.47 Å². The fourth-order valence-electron chi connectivity index (χ4n) is 0.953. The van der Waals surface area contributed by atoms with Gasteiger partial charge < -0.3 is 16.2 Å². The smallest absolute Gasteiger partial charge is 0.255 e. The molecule has 0 aromatic heterocycles. The Kier molecular flexibility index (Phi) is 3.68. The van der Waals surface area contributed by atoms with E-state index in [1.807, 2.05) is 0 Å². The second kappa shape index (κ2) is 4.79. The number of carbonyl (C=O) groups is 2. The highest BCUT2D eigenvalue weighted by Gasteiger charge is 2.11. The first-order valence-corrected chi connectivity index (χ1v) is 4.85. The number of phenolic OH excluding ortho intramolecular Hbond substituents is 1. The quantitative estimate of drug-likeness (QED) is 0.742. The Morgan fingerprint density at radius 3 is 2.73 bits per heavy atom. The molecule has 0 aliphatic carbocycles. The van der Waals surface area contributed by atoms with E-state index in [2.05, 4.69) is 21.2 Å². The van der Waals surface area contributed by atoms with Crippen molar-refractivity contribution in [3.63, 3.8) is 0 Å². The lowest BCUT2D eigenvalue weighted by Gasteiger charge is -2.05. The Morgan fingerprint density at radius 1 is 1.47 bits per heavy atom. The van der Waals surface area contributed by atoms with Gasteiger partial charge in [0.2, 0.25) is 5.91 Å². The standard InChI is InChI=1S/C9H9BrN2O3/c10-5-1-2-7(13)6(3-5)9(15)12-4-8(11)14/h1-3,13H,4H2,(H2,11,14)(H,12,15). The van der Waals surface area contributed by atoms with E-state index in [0.29, 0.717) is 4.47 Å². The summed E-state index contributed by atoms with van der Waals surface area (Å²) in [5, 5.41) is 11.6. The molecule has 1 rings (SSSR count). The zero-order valence-electron chi connectivity index (χ0n) is 7.66. The van der Waals surface area contributed by atoms with Gasteiger partial charge in [-0.1, -0.05) is 15.9 Å². The van der Waals surface area contributed by atoms with Gasteiger partial charge in [-0.15, -0.1) is 0 Å². The molecule has 0 saturated heterocycles. The highest BCUT2D eigenvalue weighted by atomic mass is 79.9. The van der Waals surface area contributed by atoms with Gasteiger partial charge in [-0.2, -0.15) is 0 Å². The van der Waals surface area contributed by atoms with Crippen LogP contribution in [0.1, 0.15) is 10.4 Å². The molecule has 0 unspecified atom stereocenters. The van der Waals surface area contributed by atoms with Crippen molar-refractivity contribution in [2.24, 2.45) is 5.73 Å². The Morgan fingerprint density at radius 2 is 2.13 bits per heavy atom. The normalized spacial score (nSPS) is 9.67. The number of carbonyl (C=O) groups excluding carboxylic acids is 2. The molecular formula is C9H9BrN2O3. The van der Waals surface area contributed by atoms with Crippen LogP contribution in [0.3, 0.4) is 0 Å². The zero-order valence-corrected chi connectivity index (χ0v) is 9.24. The fraction of sp³-hybridized carbons (Fsp3) is 0.111. The van der Waals surface area contributed by atoms with Crippen molar-refractivity contribution in [2.45, 2.75) is 0 Å². The van der Waals surface area contributed by atoms with Gasteiger partial charge in [0.25, 0.3) is 5.91 Å². The summed E-state index contributed by atoms with van der Waals surface area (Å²) in [6, 6.07) is 4.43. The van der Waals surface area contributed by atoms with Gasteiger partial charge in [-0.05, 0) is 18.2 Å². The number of halogens is 1. The fourth-order valence-corrected chi connectivity index (χ4v) is 1.31. The highest BCUT2D eigenvalue weighted by Crippen LogP contribution is 2.21. The first-order chi connectivity index (χ1) is 7.00. The molecule has 0 aliphatic heterocycles. The average Bonchev–Trinajstić information content (AvgIpc) is 2.18. The summed E-state index contributed by atoms with van der Waals surface area (Å²) >= 11 is 3.16. The second-order valence-electron chi connectivity index (χ2n) is 2.81. The number of hydrogen-bond acceptors (Lipinski definition) is 3. The third-order valence-electron chi connectivity index (χ3n) is 1.63. The van der Waals surface area contributed by atoms with E-state index in [0.717, 1.165) is 0 Å². The Bertz CT molecular complexity index is 406. The zero-order chi connectivity index (χ0) is 11.4. The first-order valence-electron chi connectivity index (χ1n) is 4.05. The SMILES string of the molecule is NC(=O)CNC(=O)c1cc(Br)ccc1O. The van der Waals surface area contributed by atoms with Crippen LogP contribution in [0.2, 0.25) is 0 Å². The molecule has 2 amide bonds. The topological polar surface area (TPSA) is 92.4 Å². The molecule has 0 fully saturated rings. The number of aromatic hydroxyl groups is 1. The van der Waals surface area contributed by atoms with Crippen LogP contribution in [0, 0.1) is 0 Å². The van der Waals surface area contributed by atoms with Gasteiger partial charge in [0.05, 0.1) is 12.1 Å². The van der Waals surface area contributed by atoms with Crippen molar-refractivity contribution in [1.29, 1.82) is 0 Å². The summed E-state index contributed by atoms with van der Waals surface area (Å²) < 4.78 is 0.657. The van der Waals surface area contributed by atoms with Crippen LogP contribution in [0.25, 0.3) is 0 Å². The molecule has 1 aromatic rings. The van der Waals surface area contributed by atoms with E-state index < -0.39 is 11.8 Å². The van der Waals surface area contributed by atoms with Crippen LogP contribution in [0.5, 0.6) is 5.75 Å². The molecule has 6 heteroatoms. The maximum Gasteiger partial charge on any atom is 0.255 e. The van der Waals surface area contributed by atoms with Crippen molar-refractivity contribution in [3.05, 3.63) is 28.2 Å². The number of nitrogens with one attached hydrogen (secondary N) is 1. The minimum Gasteiger partial charge on any atom is -0.507 e. The molecule has 0 bridgehead atoms. The lowest BCUT2D eigenvalue weighted by molar-refractivity contribution is -0.117. The maximum absolute atomic E-state index is 11.4. The van der Waals surface area contributed by atoms with Gasteiger partial charge in [0.1, 0.15) is 5.75 Å². The number of nitrogens with two attached hydrogens (primary N) is 1. The van der Waals surface area contributed by atoms with Gasteiger partial charge >= 0.3 is 0 Å². The van der Waals surface area contributed by atoms with Crippen LogP contribution in [-0.2, 0) is 4.79 Å². The molecule has 1 aromatic carbocycles. The van der Waals surface area contributed by atoms with Gasteiger partial charge in [-0.3, -0.25) is 9.59 Å². The summed E-state index contributed by atoms with van der Waals surface area (Å²) in [6.07, 6.45) is 0.